The van der Waals surface area contributed by atoms with Gasteiger partial charge in [0.2, 0.25) is 0 Å². The molecular formula is C26H17Cl2F3N4O2. The van der Waals surface area contributed by atoms with Crippen LogP contribution in [-0.4, -0.2) is 19.0 Å². The normalized spacial score (nSPS) is 11.8. The average molecular weight is 545 g/mol. The number of aryl methyl sites for hydroxylation is 1. The maximum absolute atomic E-state index is 13.6. The van der Waals surface area contributed by atoms with Gasteiger partial charge in [-0.3, -0.25) is 4.79 Å². The van der Waals surface area contributed by atoms with E-state index in [-0.39, 0.29) is 12.2 Å². The Morgan fingerprint density at radius 2 is 1.30 bits per heavy atom. The summed E-state index contributed by atoms with van der Waals surface area (Å²) in [7, 11) is 1.45. The van der Waals surface area contributed by atoms with Crippen LogP contribution in [0.3, 0.4) is 0 Å². The van der Waals surface area contributed by atoms with Crippen molar-refractivity contribution in [1.82, 2.24) is 19.0 Å². The highest BCUT2D eigenvalue weighted by Gasteiger charge is 2.30. The zero-order chi connectivity index (χ0) is 26.5. The maximum Gasteiger partial charge on any atom is 0.416 e. The van der Waals surface area contributed by atoms with Crippen molar-refractivity contribution in [3.05, 3.63) is 115 Å². The number of benzene rings is 3. The number of aromatic nitrogens is 4. The van der Waals surface area contributed by atoms with Crippen molar-refractivity contribution in [2.75, 3.05) is 0 Å². The zero-order valence-corrected chi connectivity index (χ0v) is 20.6. The Balaban J connectivity index is 1.75. The molecule has 188 valence electrons. The van der Waals surface area contributed by atoms with Gasteiger partial charge in [0.25, 0.3) is 5.56 Å². The first kappa shape index (κ1) is 24.9. The minimum absolute atomic E-state index is 0.0941. The van der Waals surface area contributed by atoms with Gasteiger partial charge in [0.15, 0.2) is 5.65 Å². The third-order valence-electron chi connectivity index (χ3n) is 5.98. The van der Waals surface area contributed by atoms with Gasteiger partial charge in [0.05, 0.1) is 17.7 Å². The second-order valence-electron chi connectivity index (χ2n) is 8.36. The zero-order valence-electron chi connectivity index (χ0n) is 19.1. The first-order valence-corrected chi connectivity index (χ1v) is 11.7. The molecule has 0 fully saturated rings. The predicted molar refractivity (Wildman–Crippen MR) is 136 cm³/mol. The van der Waals surface area contributed by atoms with Crippen molar-refractivity contribution >= 4 is 28.8 Å². The largest absolute Gasteiger partial charge is 0.416 e. The number of rotatable bonds is 4. The van der Waals surface area contributed by atoms with Gasteiger partial charge in [-0.15, -0.1) is 5.10 Å². The summed E-state index contributed by atoms with van der Waals surface area (Å²) in [5.74, 6) is 0. The standard InChI is InChI=1S/C26H17Cl2F3N4O2/c1-33-24(36)22(17-6-12-20(28)13-7-17)21(16-4-10-19(27)11-5-16)23-32-34(25(37)35(23)33)14-15-2-8-18(9-3-15)26(29,30)31/h2-13H,14H2,1H3. The number of nitrogens with zero attached hydrogens (tertiary/aromatic N) is 4. The van der Waals surface area contributed by atoms with E-state index < -0.39 is 23.0 Å². The van der Waals surface area contributed by atoms with Gasteiger partial charge >= 0.3 is 11.9 Å². The third-order valence-corrected chi connectivity index (χ3v) is 6.48. The van der Waals surface area contributed by atoms with Crippen LogP contribution >= 0.6 is 23.2 Å². The van der Waals surface area contributed by atoms with E-state index in [9.17, 15) is 22.8 Å². The Bertz CT molecular complexity index is 1740. The van der Waals surface area contributed by atoms with Crippen molar-refractivity contribution in [3.8, 4) is 22.3 Å². The summed E-state index contributed by atoms with van der Waals surface area (Å²) in [5.41, 5.74) is 0.666. The molecule has 0 aliphatic carbocycles. The monoisotopic (exact) mass is 544 g/mol. The van der Waals surface area contributed by atoms with Gasteiger partial charge in [-0.05, 0) is 53.1 Å². The molecule has 0 saturated heterocycles. The number of fused-ring (bicyclic) bond motifs is 1. The van der Waals surface area contributed by atoms with Crippen LogP contribution in [-0.2, 0) is 19.8 Å². The van der Waals surface area contributed by atoms with E-state index in [2.05, 4.69) is 5.10 Å². The Morgan fingerprint density at radius 3 is 1.81 bits per heavy atom. The first-order valence-electron chi connectivity index (χ1n) is 11.0. The summed E-state index contributed by atoms with van der Waals surface area (Å²) in [6, 6.07) is 17.9. The molecule has 3 aromatic carbocycles. The molecule has 0 saturated carbocycles. The maximum atomic E-state index is 13.6. The molecule has 0 amide bonds. The molecule has 0 aliphatic rings. The molecule has 2 aromatic heterocycles. The predicted octanol–water partition coefficient (Wildman–Crippen LogP) is 5.90. The smallest absolute Gasteiger partial charge is 0.267 e. The second kappa shape index (κ2) is 9.24. The molecule has 0 spiro atoms. The molecule has 5 rings (SSSR count). The highest BCUT2D eigenvalue weighted by atomic mass is 35.5. The lowest BCUT2D eigenvalue weighted by molar-refractivity contribution is -0.137. The lowest BCUT2D eigenvalue weighted by Crippen LogP contribution is -2.33. The molecule has 0 unspecified atom stereocenters. The first-order chi connectivity index (χ1) is 17.5. The topological polar surface area (TPSA) is 61.3 Å². The molecule has 0 atom stereocenters. The summed E-state index contributed by atoms with van der Waals surface area (Å²) in [4.78, 5) is 26.9. The average Bonchev–Trinajstić information content (AvgIpc) is 3.18. The lowest BCUT2D eigenvalue weighted by Gasteiger charge is -2.13. The Labute approximate surface area is 217 Å². The van der Waals surface area contributed by atoms with Crippen LogP contribution in [0.5, 0.6) is 0 Å². The van der Waals surface area contributed by atoms with Crippen LogP contribution in [0.25, 0.3) is 27.9 Å². The summed E-state index contributed by atoms with van der Waals surface area (Å²) in [5, 5.41) is 5.49. The Kier molecular flexibility index (Phi) is 6.21. The highest BCUT2D eigenvalue weighted by Crippen LogP contribution is 2.33. The van der Waals surface area contributed by atoms with E-state index in [4.69, 9.17) is 23.2 Å². The van der Waals surface area contributed by atoms with Gasteiger partial charge in [-0.2, -0.15) is 17.7 Å². The SMILES string of the molecule is Cn1c(=O)c(-c2ccc(Cl)cc2)c(-c2ccc(Cl)cc2)c2nn(Cc3ccc(C(F)(F)F)cc3)c(=O)n21. The molecule has 2 heterocycles. The molecular weight excluding hydrogens is 528 g/mol. The van der Waals surface area contributed by atoms with Crippen LogP contribution in [0, 0.1) is 0 Å². The van der Waals surface area contributed by atoms with E-state index in [1.807, 2.05) is 0 Å². The van der Waals surface area contributed by atoms with Gasteiger partial charge in [0, 0.05) is 22.7 Å². The molecule has 37 heavy (non-hydrogen) atoms. The van der Waals surface area contributed by atoms with E-state index in [1.54, 1.807) is 48.5 Å². The van der Waals surface area contributed by atoms with Crippen molar-refractivity contribution in [3.63, 3.8) is 0 Å². The summed E-state index contributed by atoms with van der Waals surface area (Å²) in [6.45, 7) is -0.0941. The molecule has 0 bridgehead atoms. The molecule has 0 aliphatic heterocycles. The quantitative estimate of drug-likeness (QED) is 0.283. The van der Waals surface area contributed by atoms with Gasteiger partial charge in [0.1, 0.15) is 0 Å². The van der Waals surface area contributed by atoms with Crippen molar-refractivity contribution in [2.24, 2.45) is 7.05 Å². The van der Waals surface area contributed by atoms with Crippen LogP contribution in [0.1, 0.15) is 11.1 Å². The fourth-order valence-electron chi connectivity index (χ4n) is 4.15. The number of hydrogen-bond donors (Lipinski definition) is 0. The van der Waals surface area contributed by atoms with Gasteiger partial charge in [-0.25, -0.2) is 14.2 Å². The molecule has 11 heteroatoms. The fraction of sp³-hybridized carbons (Fsp3) is 0.115. The van der Waals surface area contributed by atoms with E-state index in [0.29, 0.717) is 37.9 Å². The minimum Gasteiger partial charge on any atom is -0.267 e. The molecule has 6 nitrogen and oxygen atoms in total. The Morgan fingerprint density at radius 1 is 0.784 bits per heavy atom. The highest BCUT2D eigenvalue weighted by molar-refractivity contribution is 6.31. The van der Waals surface area contributed by atoms with Crippen LogP contribution < -0.4 is 11.2 Å². The van der Waals surface area contributed by atoms with Crippen LogP contribution in [0.4, 0.5) is 13.2 Å². The van der Waals surface area contributed by atoms with Crippen LogP contribution in [0.15, 0.2) is 82.4 Å². The summed E-state index contributed by atoms with van der Waals surface area (Å²) < 4.78 is 42.3. The Hall–Kier alpha value is -3.82. The van der Waals surface area contributed by atoms with E-state index in [0.717, 1.165) is 26.0 Å². The number of halogens is 5. The van der Waals surface area contributed by atoms with Gasteiger partial charge in [-0.1, -0.05) is 59.6 Å². The van der Waals surface area contributed by atoms with Gasteiger partial charge < -0.3 is 0 Å². The second-order valence-corrected chi connectivity index (χ2v) is 9.24. The number of alkyl halides is 3. The molecule has 0 radical (unpaired) electrons. The van der Waals surface area contributed by atoms with Crippen molar-refractivity contribution < 1.29 is 13.2 Å². The molecule has 5 aromatic rings. The van der Waals surface area contributed by atoms with Crippen LogP contribution in [0.2, 0.25) is 10.0 Å². The lowest BCUT2D eigenvalue weighted by atomic mass is 9.96. The summed E-state index contributed by atoms with van der Waals surface area (Å²) >= 11 is 12.1. The third kappa shape index (κ3) is 4.56. The minimum atomic E-state index is -4.47. The fourth-order valence-corrected chi connectivity index (χ4v) is 4.40. The van der Waals surface area contributed by atoms with Crippen molar-refractivity contribution in [2.45, 2.75) is 12.7 Å². The summed E-state index contributed by atoms with van der Waals surface area (Å²) in [6.07, 6.45) is -4.47. The van der Waals surface area contributed by atoms with E-state index in [1.165, 1.54) is 19.2 Å². The van der Waals surface area contributed by atoms with Crippen molar-refractivity contribution in [1.29, 1.82) is 0 Å². The van der Waals surface area contributed by atoms with E-state index >= 15 is 0 Å². The number of hydrogen-bond acceptors (Lipinski definition) is 3. The molecule has 0 N–H and O–H groups in total.